The van der Waals surface area contributed by atoms with Gasteiger partial charge >= 0.3 is 12.1 Å². The summed E-state index contributed by atoms with van der Waals surface area (Å²) in [6, 6.07) is 0. The third kappa shape index (κ3) is 4.39. The molecule has 2 aliphatic heterocycles. The summed E-state index contributed by atoms with van der Waals surface area (Å²) >= 11 is 0. The number of aliphatic hydroxyl groups is 1. The molecular weight excluding hydrogens is 486 g/mol. The summed E-state index contributed by atoms with van der Waals surface area (Å²) in [5.41, 5.74) is 0.159. The molecule has 38 heavy (non-hydrogen) atoms. The van der Waals surface area contributed by atoms with Gasteiger partial charge in [-0.15, -0.1) is 0 Å². The van der Waals surface area contributed by atoms with Crippen LogP contribution >= 0.6 is 0 Å². The van der Waals surface area contributed by atoms with Gasteiger partial charge in [-0.05, 0) is 92.4 Å². The molecule has 6 rings (SSSR count). The number of hydrogen-bond acceptors (Lipinski definition) is 8. The van der Waals surface area contributed by atoms with Crippen LogP contribution in [0, 0.1) is 40.9 Å². The summed E-state index contributed by atoms with van der Waals surface area (Å²) in [4.78, 5) is 26.4. The topological polar surface area (TPSA) is 94.5 Å². The SMILES string of the molecule is C[C@]12CC[C@H](OC(=O)OCCN3CCOCC3)C[C@H]1CC[C@@H]1[C@@H]2CC[C@]2(C)[C@@H](C3=CC(=O)OC3)[CH]C[C@]12O. The maximum Gasteiger partial charge on any atom is 0.508 e. The van der Waals surface area contributed by atoms with Gasteiger partial charge in [0.15, 0.2) is 0 Å². The van der Waals surface area contributed by atoms with Gasteiger partial charge in [-0.25, -0.2) is 9.59 Å². The molecule has 0 unspecified atom stereocenters. The average Bonchev–Trinajstić information content (AvgIpc) is 3.44. The van der Waals surface area contributed by atoms with E-state index in [1.54, 1.807) is 6.08 Å². The maximum absolute atomic E-state index is 12.4. The van der Waals surface area contributed by atoms with Crippen LogP contribution in [-0.4, -0.2) is 79.9 Å². The fourth-order valence-corrected chi connectivity index (χ4v) is 9.41. The normalized spacial score (nSPS) is 44.9. The van der Waals surface area contributed by atoms with E-state index in [0.717, 1.165) is 76.8 Å². The van der Waals surface area contributed by atoms with Crippen molar-refractivity contribution in [2.45, 2.75) is 76.9 Å². The molecule has 5 fully saturated rings. The molecule has 4 saturated carbocycles. The van der Waals surface area contributed by atoms with Gasteiger partial charge in [0.05, 0.1) is 18.8 Å². The Morgan fingerprint density at radius 1 is 1.13 bits per heavy atom. The molecule has 211 valence electrons. The zero-order chi connectivity index (χ0) is 26.5. The van der Waals surface area contributed by atoms with E-state index in [1.807, 2.05) is 0 Å². The largest absolute Gasteiger partial charge is 0.508 e. The van der Waals surface area contributed by atoms with Crippen molar-refractivity contribution in [2.24, 2.45) is 34.5 Å². The number of carbonyl (C=O) groups is 2. The Balaban J connectivity index is 1.06. The summed E-state index contributed by atoms with van der Waals surface area (Å²) < 4.78 is 21.8. The Morgan fingerprint density at radius 2 is 1.95 bits per heavy atom. The van der Waals surface area contributed by atoms with Crippen molar-refractivity contribution >= 4 is 12.1 Å². The van der Waals surface area contributed by atoms with Gasteiger partial charge in [-0.3, -0.25) is 4.90 Å². The number of hydrogen-bond donors (Lipinski definition) is 1. The van der Waals surface area contributed by atoms with E-state index in [0.29, 0.717) is 38.0 Å². The number of fused-ring (bicyclic) bond motifs is 5. The predicted octanol–water partition coefficient (Wildman–Crippen LogP) is 3.91. The minimum Gasteiger partial charge on any atom is -0.458 e. The average molecular weight is 531 g/mol. The van der Waals surface area contributed by atoms with E-state index < -0.39 is 11.8 Å². The second kappa shape index (κ2) is 10.1. The predicted molar refractivity (Wildman–Crippen MR) is 139 cm³/mol. The number of cyclic esters (lactones) is 1. The van der Waals surface area contributed by atoms with Crippen molar-refractivity contribution in [3.8, 4) is 0 Å². The summed E-state index contributed by atoms with van der Waals surface area (Å²) in [6.07, 6.45) is 10.8. The molecule has 0 aromatic rings. The molecule has 0 aromatic heterocycles. The minimum atomic E-state index is -0.751. The molecule has 8 nitrogen and oxygen atoms in total. The Morgan fingerprint density at radius 3 is 2.71 bits per heavy atom. The lowest BCUT2D eigenvalue weighted by atomic mass is 9.43. The van der Waals surface area contributed by atoms with Crippen LogP contribution in [0.4, 0.5) is 4.79 Å². The summed E-state index contributed by atoms with van der Waals surface area (Å²) in [7, 11) is 0. The molecule has 0 aromatic carbocycles. The third-order valence-electron chi connectivity index (χ3n) is 11.6. The van der Waals surface area contributed by atoms with Gasteiger partial charge < -0.3 is 24.1 Å². The first-order chi connectivity index (χ1) is 18.2. The molecular formula is C30H44NO7. The first-order valence-corrected chi connectivity index (χ1v) is 14.8. The highest BCUT2D eigenvalue weighted by Crippen LogP contribution is 2.69. The van der Waals surface area contributed by atoms with Gasteiger partial charge in [0.2, 0.25) is 0 Å². The molecule has 8 heteroatoms. The zero-order valence-electron chi connectivity index (χ0n) is 23.0. The van der Waals surface area contributed by atoms with Crippen LogP contribution in [0.15, 0.2) is 11.6 Å². The van der Waals surface area contributed by atoms with Crippen LogP contribution in [0.25, 0.3) is 0 Å². The Bertz CT molecular complexity index is 962. The van der Waals surface area contributed by atoms with Crippen molar-refractivity contribution in [1.82, 2.24) is 4.90 Å². The van der Waals surface area contributed by atoms with Crippen LogP contribution in [0.3, 0.4) is 0 Å². The summed E-state index contributed by atoms with van der Waals surface area (Å²) in [6.45, 7) is 9.32. The number of esters is 1. The highest BCUT2D eigenvalue weighted by atomic mass is 16.7. The molecule has 8 atom stereocenters. The monoisotopic (exact) mass is 530 g/mol. The third-order valence-corrected chi connectivity index (χ3v) is 11.6. The van der Waals surface area contributed by atoms with Crippen molar-refractivity contribution in [3.05, 3.63) is 18.1 Å². The molecule has 4 aliphatic carbocycles. The Labute approximate surface area is 226 Å². The zero-order valence-corrected chi connectivity index (χ0v) is 23.0. The lowest BCUT2D eigenvalue weighted by Gasteiger charge is -2.63. The summed E-state index contributed by atoms with van der Waals surface area (Å²) in [5, 5.41) is 12.3. The lowest BCUT2D eigenvalue weighted by Crippen LogP contribution is -2.62. The van der Waals surface area contributed by atoms with E-state index in [4.69, 9.17) is 18.9 Å². The Kier molecular flexibility index (Phi) is 7.05. The number of carbonyl (C=O) groups excluding carboxylic acids is 2. The van der Waals surface area contributed by atoms with Crippen molar-refractivity contribution in [1.29, 1.82) is 0 Å². The van der Waals surface area contributed by atoms with Crippen molar-refractivity contribution < 1.29 is 33.6 Å². The molecule has 1 saturated heterocycles. The molecule has 1 radical (unpaired) electrons. The molecule has 1 N–H and O–H groups in total. The highest BCUT2D eigenvalue weighted by molar-refractivity contribution is 5.85. The van der Waals surface area contributed by atoms with Crippen molar-refractivity contribution in [3.63, 3.8) is 0 Å². The Hall–Kier alpha value is -1.64. The standard InChI is InChI=1S/C30H44NO7/c1-28-8-5-22(38-27(33)36-16-13-31-11-14-35-15-12-31)18-21(28)3-4-25-24(28)6-9-29(2)23(7-10-30(25,29)34)20-17-26(32)37-19-20/h7,17,21-25,34H,3-6,8-16,18-19H2,1-2H3/t21-,22+,23-,24+,25-,28+,29-,30+/m1/s1. The van der Waals surface area contributed by atoms with E-state index in [-0.39, 0.29) is 34.7 Å². The fourth-order valence-electron chi connectivity index (χ4n) is 9.41. The van der Waals surface area contributed by atoms with Crippen LogP contribution < -0.4 is 0 Å². The van der Waals surface area contributed by atoms with E-state index >= 15 is 0 Å². The number of ether oxygens (including phenoxy) is 4. The maximum atomic E-state index is 12.4. The fraction of sp³-hybridized carbons (Fsp3) is 0.833. The number of morpholine rings is 1. The first kappa shape index (κ1) is 26.6. The quantitative estimate of drug-likeness (QED) is 0.535. The molecule has 0 spiro atoms. The van der Waals surface area contributed by atoms with Gasteiger partial charge in [-0.2, -0.15) is 0 Å². The van der Waals surface area contributed by atoms with E-state index in [1.165, 1.54) is 0 Å². The molecule has 0 bridgehead atoms. The molecule has 0 amide bonds. The first-order valence-electron chi connectivity index (χ1n) is 14.8. The van der Waals surface area contributed by atoms with Crippen molar-refractivity contribution in [2.75, 3.05) is 46.1 Å². The van der Waals surface area contributed by atoms with E-state index in [2.05, 4.69) is 25.2 Å². The van der Waals surface area contributed by atoms with Gasteiger partial charge in [0, 0.05) is 31.1 Å². The van der Waals surface area contributed by atoms with Gasteiger partial charge in [0.1, 0.15) is 19.3 Å². The highest BCUT2D eigenvalue weighted by Gasteiger charge is 2.67. The van der Waals surface area contributed by atoms with Crippen LogP contribution in [-0.2, 0) is 23.7 Å². The van der Waals surface area contributed by atoms with Crippen LogP contribution in [0.1, 0.15) is 65.2 Å². The second-order valence-electron chi connectivity index (χ2n) is 13.2. The van der Waals surface area contributed by atoms with E-state index in [9.17, 15) is 14.7 Å². The lowest BCUT2D eigenvalue weighted by molar-refractivity contribution is -0.208. The number of rotatable bonds is 5. The smallest absolute Gasteiger partial charge is 0.458 e. The van der Waals surface area contributed by atoms with Gasteiger partial charge in [0.25, 0.3) is 0 Å². The van der Waals surface area contributed by atoms with Crippen LogP contribution in [0.2, 0.25) is 0 Å². The minimum absolute atomic E-state index is 0.0894. The summed E-state index contributed by atoms with van der Waals surface area (Å²) in [5.74, 6) is 1.05. The molecule has 6 aliphatic rings. The number of nitrogens with zero attached hydrogens (tertiary/aromatic N) is 1. The second-order valence-corrected chi connectivity index (χ2v) is 13.2. The molecule has 2 heterocycles. The van der Waals surface area contributed by atoms with Gasteiger partial charge in [-0.1, -0.05) is 13.8 Å². The van der Waals surface area contributed by atoms with Crippen LogP contribution in [0.5, 0.6) is 0 Å².